The maximum absolute atomic E-state index is 12.7. The van der Waals surface area contributed by atoms with E-state index in [1.807, 2.05) is 33.8 Å². The first-order valence-corrected chi connectivity index (χ1v) is 9.46. The highest BCUT2D eigenvalue weighted by Crippen LogP contribution is 2.30. The first-order chi connectivity index (χ1) is 9.36. The fourth-order valence-corrected chi connectivity index (χ4v) is 5.54. The normalized spacial score (nSPS) is 16.3. The minimum atomic E-state index is -3.37. The Morgan fingerprint density at radius 2 is 2.10 bits per heavy atom. The molecule has 20 heavy (non-hydrogen) atoms. The fraction of sp³-hybridized carbons (Fsp3) is 0.714. The van der Waals surface area contributed by atoms with E-state index >= 15 is 0 Å². The van der Waals surface area contributed by atoms with Crippen LogP contribution in [0.4, 0.5) is 0 Å². The summed E-state index contributed by atoms with van der Waals surface area (Å²) >= 11 is 1.58. The van der Waals surface area contributed by atoms with Gasteiger partial charge in [-0.1, -0.05) is 6.92 Å². The third-order valence-corrected chi connectivity index (χ3v) is 7.00. The summed E-state index contributed by atoms with van der Waals surface area (Å²) in [6, 6.07) is 2.47. The van der Waals surface area contributed by atoms with Crippen molar-refractivity contribution >= 4 is 21.4 Å². The van der Waals surface area contributed by atoms with E-state index in [0.29, 0.717) is 17.5 Å². The molecule has 1 aliphatic rings. The summed E-state index contributed by atoms with van der Waals surface area (Å²) in [5, 5.41) is 3.43. The minimum Gasteiger partial charge on any atom is -0.309 e. The van der Waals surface area contributed by atoms with Crippen LogP contribution in [0.25, 0.3) is 0 Å². The van der Waals surface area contributed by atoms with Crippen molar-refractivity contribution in [3.8, 4) is 0 Å². The molecule has 1 aromatic heterocycles. The molecule has 0 atom stereocenters. The Hall–Kier alpha value is -0.430. The molecule has 1 aromatic rings. The molecule has 1 saturated carbocycles. The summed E-state index contributed by atoms with van der Waals surface area (Å²) in [5.41, 5.74) is 0. The molecule has 0 unspecified atom stereocenters. The van der Waals surface area contributed by atoms with Crippen molar-refractivity contribution in [3.63, 3.8) is 0 Å². The molecule has 0 aliphatic heterocycles. The maximum atomic E-state index is 12.7. The molecule has 0 amide bonds. The molecule has 1 fully saturated rings. The van der Waals surface area contributed by atoms with Crippen molar-refractivity contribution in [1.82, 2.24) is 9.62 Å². The third-order valence-electron chi connectivity index (χ3n) is 3.54. The molecule has 4 nitrogen and oxygen atoms in total. The molecule has 1 N–H and O–H groups in total. The molecule has 0 spiro atoms. The lowest BCUT2D eigenvalue weighted by molar-refractivity contribution is 0.369. The molecule has 0 aromatic carbocycles. The van der Waals surface area contributed by atoms with E-state index < -0.39 is 10.0 Å². The number of nitrogens with zero attached hydrogens (tertiary/aromatic N) is 1. The van der Waals surface area contributed by atoms with Gasteiger partial charge < -0.3 is 5.32 Å². The van der Waals surface area contributed by atoms with E-state index in [9.17, 15) is 8.42 Å². The zero-order valence-corrected chi connectivity index (χ0v) is 14.3. The van der Waals surface area contributed by atoms with Crippen LogP contribution in [0.5, 0.6) is 0 Å². The number of sulfonamides is 1. The van der Waals surface area contributed by atoms with Crippen molar-refractivity contribution in [2.75, 3.05) is 6.54 Å². The Bertz CT molecular complexity index is 560. The van der Waals surface area contributed by atoms with Crippen LogP contribution in [-0.2, 0) is 16.6 Å². The second-order valence-electron chi connectivity index (χ2n) is 5.59. The van der Waals surface area contributed by atoms with Crippen molar-refractivity contribution < 1.29 is 8.42 Å². The fourth-order valence-electron chi connectivity index (χ4n) is 2.34. The number of rotatable bonds is 7. The standard InChI is InChI=1S/C14H24N2O2S2/c1-5-16(10(2)3)20(17,18)14-8-13(19-11(14)4)9-15-12-6-7-12/h8,10,12,15H,5-7,9H2,1-4H3. The summed E-state index contributed by atoms with van der Waals surface area (Å²) < 4.78 is 27.0. The second-order valence-corrected chi connectivity index (χ2v) is 8.79. The molecule has 1 aliphatic carbocycles. The number of nitrogens with one attached hydrogen (secondary N) is 1. The zero-order valence-electron chi connectivity index (χ0n) is 12.6. The Kier molecular flexibility index (Phi) is 4.89. The molecule has 0 saturated heterocycles. The highest BCUT2D eigenvalue weighted by Gasteiger charge is 2.29. The van der Waals surface area contributed by atoms with Crippen LogP contribution in [-0.4, -0.2) is 31.4 Å². The van der Waals surface area contributed by atoms with Crippen LogP contribution in [0.15, 0.2) is 11.0 Å². The van der Waals surface area contributed by atoms with E-state index in [1.54, 1.807) is 15.6 Å². The maximum Gasteiger partial charge on any atom is 0.244 e. The number of aryl methyl sites for hydroxylation is 1. The molecular weight excluding hydrogens is 292 g/mol. The molecule has 1 heterocycles. The predicted molar refractivity (Wildman–Crippen MR) is 83.6 cm³/mol. The van der Waals surface area contributed by atoms with Gasteiger partial charge in [-0.05, 0) is 39.7 Å². The largest absolute Gasteiger partial charge is 0.309 e. The molecular formula is C14H24N2O2S2. The zero-order chi connectivity index (χ0) is 14.9. The van der Waals surface area contributed by atoms with Gasteiger partial charge in [0, 0.05) is 34.9 Å². The highest BCUT2D eigenvalue weighted by molar-refractivity contribution is 7.89. The quantitative estimate of drug-likeness (QED) is 0.841. The molecule has 114 valence electrons. The van der Waals surface area contributed by atoms with Crippen molar-refractivity contribution in [2.45, 2.75) is 64.1 Å². The lowest BCUT2D eigenvalue weighted by Crippen LogP contribution is -2.36. The predicted octanol–water partition coefficient (Wildman–Crippen LogP) is 2.73. The van der Waals surface area contributed by atoms with Crippen LogP contribution in [0, 0.1) is 6.92 Å². The highest BCUT2D eigenvalue weighted by atomic mass is 32.2. The topological polar surface area (TPSA) is 49.4 Å². The van der Waals surface area contributed by atoms with E-state index in [0.717, 1.165) is 16.3 Å². The monoisotopic (exact) mass is 316 g/mol. The van der Waals surface area contributed by atoms with Crippen molar-refractivity contribution in [2.24, 2.45) is 0 Å². The van der Waals surface area contributed by atoms with Gasteiger partial charge in [-0.3, -0.25) is 0 Å². The first-order valence-electron chi connectivity index (χ1n) is 7.20. The Labute approximate surface area is 126 Å². The second kappa shape index (κ2) is 6.13. The SMILES string of the molecule is CCN(C(C)C)S(=O)(=O)c1cc(CNC2CC2)sc1C. The van der Waals surface area contributed by atoms with E-state index in [1.165, 1.54) is 12.8 Å². The summed E-state index contributed by atoms with van der Waals surface area (Å²) in [4.78, 5) is 2.47. The summed E-state index contributed by atoms with van der Waals surface area (Å²) in [6.45, 7) is 8.89. The van der Waals surface area contributed by atoms with Gasteiger partial charge in [0.1, 0.15) is 0 Å². The van der Waals surface area contributed by atoms with Gasteiger partial charge in [0.05, 0.1) is 4.90 Å². The minimum absolute atomic E-state index is 0.0164. The van der Waals surface area contributed by atoms with Crippen molar-refractivity contribution in [1.29, 1.82) is 0 Å². The van der Waals surface area contributed by atoms with Crippen LogP contribution >= 0.6 is 11.3 Å². The number of hydrogen-bond donors (Lipinski definition) is 1. The van der Waals surface area contributed by atoms with Gasteiger partial charge in [0.25, 0.3) is 0 Å². The third kappa shape index (κ3) is 3.42. The van der Waals surface area contributed by atoms with Gasteiger partial charge in [-0.15, -0.1) is 11.3 Å². The molecule has 0 radical (unpaired) electrons. The average Bonchev–Trinajstić information content (AvgIpc) is 3.09. The van der Waals surface area contributed by atoms with Crippen LogP contribution in [0.2, 0.25) is 0 Å². The van der Waals surface area contributed by atoms with Gasteiger partial charge in [-0.25, -0.2) is 8.42 Å². The van der Waals surface area contributed by atoms with Crippen LogP contribution in [0.1, 0.15) is 43.4 Å². The lowest BCUT2D eigenvalue weighted by atomic mass is 10.4. The van der Waals surface area contributed by atoms with Crippen LogP contribution in [0.3, 0.4) is 0 Å². The van der Waals surface area contributed by atoms with E-state index in [4.69, 9.17) is 0 Å². The van der Waals surface area contributed by atoms with E-state index in [-0.39, 0.29) is 6.04 Å². The van der Waals surface area contributed by atoms with Gasteiger partial charge >= 0.3 is 0 Å². The van der Waals surface area contributed by atoms with Gasteiger partial charge in [0.15, 0.2) is 0 Å². The van der Waals surface area contributed by atoms with Gasteiger partial charge in [-0.2, -0.15) is 4.31 Å². The number of thiophene rings is 1. The van der Waals surface area contributed by atoms with Gasteiger partial charge in [0.2, 0.25) is 10.0 Å². The molecule has 6 heteroatoms. The molecule has 2 rings (SSSR count). The summed E-state index contributed by atoms with van der Waals surface area (Å²) in [7, 11) is -3.37. The van der Waals surface area contributed by atoms with Crippen molar-refractivity contribution in [3.05, 3.63) is 15.8 Å². The Morgan fingerprint density at radius 1 is 1.45 bits per heavy atom. The Balaban J connectivity index is 2.21. The lowest BCUT2D eigenvalue weighted by Gasteiger charge is -2.24. The summed E-state index contributed by atoms with van der Waals surface area (Å²) in [5.74, 6) is 0. The first kappa shape index (κ1) is 15.9. The Morgan fingerprint density at radius 3 is 2.60 bits per heavy atom. The van der Waals surface area contributed by atoms with Crippen LogP contribution < -0.4 is 5.32 Å². The smallest absolute Gasteiger partial charge is 0.244 e. The average molecular weight is 316 g/mol. The molecule has 0 bridgehead atoms. The number of hydrogen-bond acceptors (Lipinski definition) is 4. The van der Waals surface area contributed by atoms with E-state index in [2.05, 4.69) is 5.32 Å². The summed E-state index contributed by atoms with van der Waals surface area (Å²) in [6.07, 6.45) is 2.49.